The fraction of sp³-hybridized carbons (Fsp3) is 0.429. The van der Waals surface area contributed by atoms with Gasteiger partial charge in [-0.05, 0) is 32.4 Å². The van der Waals surface area contributed by atoms with E-state index in [-0.39, 0.29) is 40.4 Å². The topological polar surface area (TPSA) is 110 Å². The Hall–Kier alpha value is -2.47. The average molecular weight is 527 g/mol. The molecule has 0 atom stereocenters. The number of aromatic nitrogens is 4. The Kier molecular flexibility index (Phi) is 7.27. The molecule has 0 unspecified atom stereocenters. The minimum absolute atomic E-state index is 0.0105. The molecule has 1 aliphatic rings. The standard InChI is InChI=1S/C21H24Cl2N6O4S/c1-3-33-18(30)8-7-15-14(2)26-21-24-13-25-29(21)20(15)27-9-11-28(12-10-27)34(31,32)17-6-4-5-16(22)19(17)23/h4-6,13H,3,7-12H2,1-2H3. The maximum Gasteiger partial charge on any atom is 0.306 e. The van der Waals surface area contributed by atoms with Gasteiger partial charge in [-0.3, -0.25) is 4.79 Å². The zero-order chi connectivity index (χ0) is 24.5. The summed E-state index contributed by atoms with van der Waals surface area (Å²) in [6.45, 7) is 5.23. The van der Waals surface area contributed by atoms with E-state index in [9.17, 15) is 13.2 Å². The number of halogens is 2. The molecule has 10 nitrogen and oxygen atoms in total. The van der Waals surface area contributed by atoms with E-state index in [0.29, 0.717) is 31.9 Å². The summed E-state index contributed by atoms with van der Waals surface area (Å²) in [4.78, 5) is 22.7. The molecule has 4 rings (SSSR count). The van der Waals surface area contributed by atoms with E-state index in [1.165, 1.54) is 16.7 Å². The Morgan fingerprint density at radius 3 is 2.62 bits per heavy atom. The first-order valence-corrected chi connectivity index (χ1v) is 13.0. The molecule has 0 radical (unpaired) electrons. The maximum absolute atomic E-state index is 13.2. The van der Waals surface area contributed by atoms with Gasteiger partial charge >= 0.3 is 5.97 Å². The van der Waals surface area contributed by atoms with Crippen LogP contribution in [0.1, 0.15) is 24.6 Å². The second-order valence-corrected chi connectivity index (χ2v) is 10.4. The summed E-state index contributed by atoms with van der Waals surface area (Å²) < 4.78 is 34.5. The van der Waals surface area contributed by atoms with E-state index in [1.807, 2.05) is 11.8 Å². The third-order valence-electron chi connectivity index (χ3n) is 5.66. The highest BCUT2D eigenvalue weighted by Crippen LogP contribution is 2.32. The zero-order valence-electron chi connectivity index (χ0n) is 18.7. The lowest BCUT2D eigenvalue weighted by molar-refractivity contribution is -0.143. The van der Waals surface area contributed by atoms with E-state index in [1.54, 1.807) is 23.6 Å². The van der Waals surface area contributed by atoms with Crippen LogP contribution in [0.5, 0.6) is 0 Å². The van der Waals surface area contributed by atoms with Crippen molar-refractivity contribution >= 4 is 50.8 Å². The largest absolute Gasteiger partial charge is 0.466 e. The Bertz CT molecular complexity index is 1320. The minimum atomic E-state index is -3.82. The number of hydrogen-bond donors (Lipinski definition) is 0. The first-order valence-electron chi connectivity index (χ1n) is 10.8. The molecule has 0 N–H and O–H groups in total. The number of carbonyl (C=O) groups excluding carboxylic acids is 1. The van der Waals surface area contributed by atoms with Gasteiger partial charge in [-0.1, -0.05) is 29.3 Å². The van der Waals surface area contributed by atoms with Gasteiger partial charge in [-0.25, -0.2) is 13.4 Å². The summed E-state index contributed by atoms with van der Waals surface area (Å²) in [5, 5.41) is 4.52. The van der Waals surface area contributed by atoms with Gasteiger partial charge in [0.1, 0.15) is 17.0 Å². The molecule has 13 heteroatoms. The first-order chi connectivity index (χ1) is 16.2. The Balaban J connectivity index is 1.60. The van der Waals surface area contributed by atoms with Gasteiger partial charge < -0.3 is 9.64 Å². The summed E-state index contributed by atoms with van der Waals surface area (Å²) in [7, 11) is -3.82. The molecule has 3 heterocycles. The molecule has 182 valence electrons. The number of carbonyl (C=O) groups is 1. The molecule has 1 saturated heterocycles. The van der Waals surface area contributed by atoms with Crippen molar-refractivity contribution in [2.75, 3.05) is 37.7 Å². The van der Waals surface area contributed by atoms with Crippen LogP contribution in [0.3, 0.4) is 0 Å². The molecule has 0 spiro atoms. The molecular weight excluding hydrogens is 503 g/mol. The number of esters is 1. The molecule has 0 aliphatic carbocycles. The molecule has 0 bridgehead atoms. The van der Waals surface area contributed by atoms with E-state index < -0.39 is 10.0 Å². The molecule has 1 fully saturated rings. The number of rotatable bonds is 7. The number of aryl methyl sites for hydroxylation is 1. The Morgan fingerprint density at radius 2 is 1.91 bits per heavy atom. The van der Waals surface area contributed by atoms with E-state index in [4.69, 9.17) is 27.9 Å². The van der Waals surface area contributed by atoms with Crippen LogP contribution in [-0.2, 0) is 26.0 Å². The van der Waals surface area contributed by atoms with Crippen molar-refractivity contribution in [2.45, 2.75) is 31.6 Å². The van der Waals surface area contributed by atoms with E-state index in [0.717, 1.165) is 17.1 Å². The lowest BCUT2D eigenvalue weighted by Crippen LogP contribution is -2.49. The highest BCUT2D eigenvalue weighted by molar-refractivity contribution is 7.89. The van der Waals surface area contributed by atoms with Crippen LogP contribution in [0.4, 0.5) is 5.82 Å². The van der Waals surface area contributed by atoms with Crippen molar-refractivity contribution in [1.29, 1.82) is 0 Å². The van der Waals surface area contributed by atoms with Crippen LogP contribution >= 0.6 is 23.2 Å². The van der Waals surface area contributed by atoms with Crippen LogP contribution < -0.4 is 4.90 Å². The molecular formula is C21H24Cl2N6O4S. The van der Waals surface area contributed by atoms with Crippen LogP contribution in [0.25, 0.3) is 5.78 Å². The molecule has 1 aromatic carbocycles. The number of piperazine rings is 1. The predicted octanol–water partition coefficient (Wildman–Crippen LogP) is 2.75. The SMILES string of the molecule is CCOC(=O)CCc1c(C)nc2ncnn2c1N1CCN(S(=O)(=O)c2cccc(Cl)c2Cl)CC1. The molecule has 1 aliphatic heterocycles. The quantitative estimate of drug-likeness (QED) is 0.432. The number of sulfonamides is 1. The highest BCUT2D eigenvalue weighted by atomic mass is 35.5. The predicted molar refractivity (Wildman–Crippen MR) is 128 cm³/mol. The fourth-order valence-corrected chi connectivity index (χ4v) is 6.17. The number of ether oxygens (including phenoxy) is 1. The monoisotopic (exact) mass is 526 g/mol. The summed E-state index contributed by atoms with van der Waals surface area (Å²) in [5.74, 6) is 0.899. The minimum Gasteiger partial charge on any atom is -0.466 e. The van der Waals surface area contributed by atoms with E-state index in [2.05, 4.69) is 15.1 Å². The van der Waals surface area contributed by atoms with Crippen molar-refractivity contribution in [3.8, 4) is 0 Å². The number of hydrogen-bond acceptors (Lipinski definition) is 8. The van der Waals surface area contributed by atoms with Gasteiger partial charge in [-0.15, -0.1) is 0 Å². The lowest BCUT2D eigenvalue weighted by atomic mass is 10.1. The molecule has 0 amide bonds. The van der Waals surface area contributed by atoms with Crippen LogP contribution in [0.15, 0.2) is 29.4 Å². The van der Waals surface area contributed by atoms with Crippen molar-refractivity contribution in [1.82, 2.24) is 23.9 Å². The van der Waals surface area contributed by atoms with Crippen molar-refractivity contribution in [3.63, 3.8) is 0 Å². The lowest BCUT2D eigenvalue weighted by Gasteiger charge is -2.36. The molecule has 0 saturated carbocycles. The smallest absolute Gasteiger partial charge is 0.306 e. The maximum atomic E-state index is 13.2. The molecule has 3 aromatic rings. The van der Waals surface area contributed by atoms with Crippen LogP contribution in [-0.4, -0.2) is 71.1 Å². The zero-order valence-corrected chi connectivity index (χ0v) is 21.1. The normalized spacial score (nSPS) is 15.1. The summed E-state index contributed by atoms with van der Waals surface area (Å²) in [6.07, 6.45) is 2.03. The van der Waals surface area contributed by atoms with Crippen molar-refractivity contribution < 1.29 is 17.9 Å². The second kappa shape index (κ2) is 10.0. The van der Waals surface area contributed by atoms with Gasteiger partial charge in [0, 0.05) is 43.9 Å². The number of benzene rings is 1. The van der Waals surface area contributed by atoms with Gasteiger partial charge in [0.2, 0.25) is 10.0 Å². The summed E-state index contributed by atoms with van der Waals surface area (Å²) in [5.41, 5.74) is 1.58. The van der Waals surface area contributed by atoms with Gasteiger partial charge in [0.15, 0.2) is 0 Å². The highest BCUT2D eigenvalue weighted by Gasteiger charge is 2.32. The fourth-order valence-electron chi connectivity index (χ4n) is 4.01. The summed E-state index contributed by atoms with van der Waals surface area (Å²) in [6, 6.07) is 4.57. The molecule has 34 heavy (non-hydrogen) atoms. The van der Waals surface area contributed by atoms with Gasteiger partial charge in [0.25, 0.3) is 5.78 Å². The van der Waals surface area contributed by atoms with Gasteiger partial charge in [0.05, 0.1) is 16.7 Å². The number of fused-ring (bicyclic) bond motifs is 1. The Labute approximate surface area is 207 Å². The van der Waals surface area contributed by atoms with Crippen molar-refractivity contribution in [3.05, 3.63) is 45.8 Å². The Morgan fingerprint density at radius 1 is 1.18 bits per heavy atom. The summed E-state index contributed by atoms with van der Waals surface area (Å²) >= 11 is 12.2. The first kappa shape index (κ1) is 24.6. The van der Waals surface area contributed by atoms with Crippen molar-refractivity contribution in [2.24, 2.45) is 0 Å². The van der Waals surface area contributed by atoms with Crippen LogP contribution in [0, 0.1) is 6.92 Å². The second-order valence-electron chi connectivity index (χ2n) is 7.72. The average Bonchev–Trinajstić information content (AvgIpc) is 3.27. The number of nitrogens with zero attached hydrogens (tertiary/aromatic N) is 6. The third kappa shape index (κ3) is 4.70. The van der Waals surface area contributed by atoms with E-state index >= 15 is 0 Å². The third-order valence-corrected chi connectivity index (χ3v) is 8.53. The molecule has 2 aromatic heterocycles. The van der Waals surface area contributed by atoms with Crippen LogP contribution in [0.2, 0.25) is 10.0 Å². The van der Waals surface area contributed by atoms with Gasteiger partial charge in [-0.2, -0.15) is 18.9 Å². The number of anilines is 1.